The third-order valence-electron chi connectivity index (χ3n) is 3.04. The van der Waals surface area contributed by atoms with E-state index in [1.807, 2.05) is 11.8 Å². The van der Waals surface area contributed by atoms with Crippen molar-refractivity contribution in [1.82, 2.24) is 10.1 Å². The number of nitrogens with one attached hydrogen (secondary N) is 1. The number of ether oxygens (including phenoxy) is 1. The zero-order valence-electron chi connectivity index (χ0n) is 11.5. The van der Waals surface area contributed by atoms with Gasteiger partial charge in [0.2, 0.25) is 5.88 Å². The molecule has 2 aromatic heterocycles. The molecule has 0 aliphatic carbocycles. The first-order valence-electron chi connectivity index (χ1n) is 6.66. The highest BCUT2D eigenvalue weighted by atomic mass is 32.2. The highest BCUT2D eigenvalue weighted by molar-refractivity contribution is 7.99. The summed E-state index contributed by atoms with van der Waals surface area (Å²) in [5, 5.41) is 6.40. The van der Waals surface area contributed by atoms with Crippen molar-refractivity contribution in [2.24, 2.45) is 0 Å². The maximum absolute atomic E-state index is 12.1. The van der Waals surface area contributed by atoms with Crippen LogP contribution in [0.3, 0.4) is 0 Å². The highest BCUT2D eigenvalue weighted by Gasteiger charge is 2.18. The van der Waals surface area contributed by atoms with Crippen molar-refractivity contribution in [3.63, 3.8) is 0 Å². The van der Waals surface area contributed by atoms with Crippen LogP contribution in [-0.2, 0) is 0 Å². The van der Waals surface area contributed by atoms with E-state index in [-0.39, 0.29) is 12.0 Å². The van der Waals surface area contributed by atoms with Crippen LogP contribution in [-0.4, -0.2) is 33.7 Å². The second-order valence-electron chi connectivity index (χ2n) is 4.76. The van der Waals surface area contributed by atoms with Crippen molar-refractivity contribution in [2.45, 2.75) is 19.4 Å². The van der Waals surface area contributed by atoms with Gasteiger partial charge in [-0.05, 0) is 25.2 Å². The van der Waals surface area contributed by atoms with Crippen LogP contribution in [0.4, 0.5) is 5.82 Å². The summed E-state index contributed by atoms with van der Waals surface area (Å²) in [5.74, 6) is 3.32. The lowest BCUT2D eigenvalue weighted by Crippen LogP contribution is -2.17. The fourth-order valence-corrected chi connectivity index (χ4v) is 3.10. The van der Waals surface area contributed by atoms with Crippen LogP contribution < -0.4 is 10.1 Å². The molecule has 1 fully saturated rings. The molecule has 0 spiro atoms. The molecule has 0 aromatic carbocycles. The van der Waals surface area contributed by atoms with Gasteiger partial charge in [-0.2, -0.15) is 11.8 Å². The second kappa shape index (κ2) is 6.17. The van der Waals surface area contributed by atoms with E-state index in [1.54, 1.807) is 31.3 Å². The number of anilines is 1. The van der Waals surface area contributed by atoms with Crippen molar-refractivity contribution < 1.29 is 14.1 Å². The largest absolute Gasteiger partial charge is 0.473 e. The monoisotopic (exact) mass is 305 g/mol. The van der Waals surface area contributed by atoms with Crippen LogP contribution in [0.15, 0.2) is 28.9 Å². The van der Waals surface area contributed by atoms with Crippen LogP contribution in [0.2, 0.25) is 0 Å². The lowest BCUT2D eigenvalue weighted by atomic mass is 10.2. The highest BCUT2D eigenvalue weighted by Crippen LogP contribution is 2.22. The minimum absolute atomic E-state index is 0.180. The fourth-order valence-electron chi connectivity index (χ4n) is 2.01. The average Bonchev–Trinajstić information content (AvgIpc) is 3.11. The van der Waals surface area contributed by atoms with Gasteiger partial charge in [-0.25, -0.2) is 4.98 Å². The van der Waals surface area contributed by atoms with Crippen molar-refractivity contribution in [3.8, 4) is 5.88 Å². The summed E-state index contributed by atoms with van der Waals surface area (Å²) in [6.07, 6.45) is 2.76. The van der Waals surface area contributed by atoms with Crippen LogP contribution in [0.5, 0.6) is 5.88 Å². The van der Waals surface area contributed by atoms with Crippen molar-refractivity contribution in [2.75, 3.05) is 16.8 Å². The molecule has 6 nitrogen and oxygen atoms in total. The summed E-state index contributed by atoms with van der Waals surface area (Å²) in [6, 6.07) is 4.94. The number of thioether (sulfide) groups is 1. The van der Waals surface area contributed by atoms with Crippen LogP contribution in [0, 0.1) is 6.92 Å². The zero-order chi connectivity index (χ0) is 14.7. The summed E-state index contributed by atoms with van der Waals surface area (Å²) in [7, 11) is 0. The van der Waals surface area contributed by atoms with E-state index in [9.17, 15) is 4.79 Å². The summed E-state index contributed by atoms with van der Waals surface area (Å²) >= 11 is 1.87. The zero-order valence-corrected chi connectivity index (χ0v) is 12.4. The quantitative estimate of drug-likeness (QED) is 0.935. The summed E-state index contributed by atoms with van der Waals surface area (Å²) in [6.45, 7) is 1.76. The smallest absolute Gasteiger partial charge is 0.257 e. The standard InChI is InChI=1S/C14H15N3O3S/c1-9-6-12(17-20-9)16-14(18)10-2-4-15-13(7-10)19-11-3-5-21-8-11/h2,4,6-7,11H,3,5,8H2,1H3,(H,16,17,18). The molecule has 1 saturated heterocycles. The van der Waals surface area contributed by atoms with Gasteiger partial charge in [0.05, 0.1) is 0 Å². The number of carbonyl (C=O) groups excluding carboxylic acids is 1. The predicted octanol–water partition coefficient (Wildman–Crippen LogP) is 2.51. The second-order valence-corrected chi connectivity index (χ2v) is 5.91. The van der Waals surface area contributed by atoms with Gasteiger partial charge in [-0.1, -0.05) is 5.16 Å². The number of hydrogen-bond donors (Lipinski definition) is 1. The summed E-state index contributed by atoms with van der Waals surface area (Å²) in [5.41, 5.74) is 0.478. The number of nitrogens with zero attached hydrogens (tertiary/aromatic N) is 2. The van der Waals surface area contributed by atoms with Crippen molar-refractivity contribution >= 4 is 23.5 Å². The maximum atomic E-state index is 12.1. The van der Waals surface area contributed by atoms with Gasteiger partial charge in [-0.15, -0.1) is 0 Å². The normalized spacial score (nSPS) is 17.7. The van der Waals surface area contributed by atoms with Gasteiger partial charge < -0.3 is 14.6 Å². The average molecular weight is 305 g/mol. The van der Waals surface area contributed by atoms with Gasteiger partial charge in [0.1, 0.15) is 11.9 Å². The molecule has 0 bridgehead atoms. The van der Waals surface area contributed by atoms with E-state index >= 15 is 0 Å². The Balaban J connectivity index is 1.68. The van der Waals surface area contributed by atoms with E-state index in [1.165, 1.54) is 0 Å². The molecule has 110 valence electrons. The molecule has 1 aliphatic heterocycles. The Morgan fingerprint density at radius 1 is 1.52 bits per heavy atom. The maximum Gasteiger partial charge on any atom is 0.257 e. The first-order valence-corrected chi connectivity index (χ1v) is 7.81. The summed E-state index contributed by atoms with van der Waals surface area (Å²) in [4.78, 5) is 16.3. The van der Waals surface area contributed by atoms with E-state index in [0.29, 0.717) is 23.0 Å². The van der Waals surface area contributed by atoms with Gasteiger partial charge in [0.15, 0.2) is 5.82 Å². The predicted molar refractivity (Wildman–Crippen MR) is 79.8 cm³/mol. The number of rotatable bonds is 4. The molecule has 21 heavy (non-hydrogen) atoms. The SMILES string of the molecule is Cc1cc(NC(=O)c2ccnc(OC3CCSC3)c2)no1. The minimum atomic E-state index is -0.267. The Kier molecular flexibility index (Phi) is 4.10. The van der Waals surface area contributed by atoms with Crippen LogP contribution in [0.1, 0.15) is 22.5 Å². The molecule has 0 radical (unpaired) electrons. The van der Waals surface area contributed by atoms with Crippen LogP contribution >= 0.6 is 11.8 Å². The Labute approximate surface area is 126 Å². The number of carbonyl (C=O) groups is 1. The fraction of sp³-hybridized carbons (Fsp3) is 0.357. The molecule has 3 heterocycles. The lowest BCUT2D eigenvalue weighted by Gasteiger charge is -2.11. The van der Waals surface area contributed by atoms with Crippen LogP contribution in [0.25, 0.3) is 0 Å². The van der Waals surface area contributed by atoms with Gasteiger partial charge >= 0.3 is 0 Å². The molecule has 1 atom stereocenters. The molecular formula is C14H15N3O3S. The number of aromatic nitrogens is 2. The van der Waals surface area contributed by atoms with E-state index in [0.717, 1.165) is 17.9 Å². The Hall–Kier alpha value is -2.02. The molecule has 0 saturated carbocycles. The first-order chi connectivity index (χ1) is 10.2. The molecule has 2 aromatic rings. The summed E-state index contributed by atoms with van der Waals surface area (Å²) < 4.78 is 10.7. The van der Waals surface area contributed by atoms with E-state index in [4.69, 9.17) is 9.26 Å². The molecule has 3 rings (SSSR count). The lowest BCUT2D eigenvalue weighted by molar-refractivity contribution is 0.102. The number of hydrogen-bond acceptors (Lipinski definition) is 6. The molecular weight excluding hydrogens is 290 g/mol. The first kappa shape index (κ1) is 13.9. The van der Waals surface area contributed by atoms with Crippen molar-refractivity contribution in [1.29, 1.82) is 0 Å². The Morgan fingerprint density at radius 3 is 3.14 bits per heavy atom. The third-order valence-corrected chi connectivity index (χ3v) is 4.17. The third kappa shape index (κ3) is 3.55. The van der Waals surface area contributed by atoms with Gasteiger partial charge in [-0.3, -0.25) is 4.79 Å². The van der Waals surface area contributed by atoms with Crippen molar-refractivity contribution in [3.05, 3.63) is 35.7 Å². The Bertz CT molecular complexity index is 638. The molecule has 1 amide bonds. The van der Waals surface area contributed by atoms with Gasteiger partial charge in [0, 0.05) is 29.6 Å². The molecule has 7 heteroatoms. The van der Waals surface area contributed by atoms with E-state index < -0.39 is 0 Å². The number of aryl methyl sites for hydroxylation is 1. The minimum Gasteiger partial charge on any atom is -0.473 e. The number of pyridine rings is 1. The number of amides is 1. The molecule has 1 unspecified atom stereocenters. The Morgan fingerprint density at radius 2 is 2.43 bits per heavy atom. The topological polar surface area (TPSA) is 77.2 Å². The molecule has 1 aliphatic rings. The van der Waals surface area contributed by atoms with Gasteiger partial charge in [0.25, 0.3) is 5.91 Å². The van der Waals surface area contributed by atoms with E-state index in [2.05, 4.69) is 15.5 Å². The molecule has 1 N–H and O–H groups in total.